The lowest BCUT2D eigenvalue weighted by Crippen LogP contribution is -2.71. The molecule has 0 amide bonds. The fourth-order valence-corrected chi connectivity index (χ4v) is 10.9. The van der Waals surface area contributed by atoms with Gasteiger partial charge in [-0.3, -0.25) is 0 Å². The lowest BCUT2D eigenvalue weighted by atomic mass is 9.77. The molecule has 4 heteroatoms. The van der Waals surface area contributed by atoms with E-state index in [2.05, 4.69) is 207 Å². The van der Waals surface area contributed by atoms with Crippen LogP contribution in [-0.2, 0) is 27.5 Å². The number of hydrogen-bond donors (Lipinski definition) is 0. The van der Waals surface area contributed by atoms with Crippen LogP contribution < -0.4 is 19.1 Å². The van der Waals surface area contributed by atoms with Gasteiger partial charge in [-0.15, -0.1) is 4.57 Å². The molecule has 0 N–H and O–H groups in total. The molecule has 0 aliphatic carbocycles. The van der Waals surface area contributed by atoms with Crippen molar-refractivity contribution in [2.24, 2.45) is 0 Å². The molecule has 5 heterocycles. The highest BCUT2D eigenvalue weighted by Gasteiger charge is 2.70. The van der Waals surface area contributed by atoms with Crippen molar-refractivity contribution >= 4 is 17.1 Å². The molecule has 4 nitrogen and oxygen atoms in total. The minimum Gasteiger partial charge on any atom is -0.410 e. The van der Waals surface area contributed by atoms with Gasteiger partial charge < -0.3 is 9.64 Å². The predicted octanol–water partition coefficient (Wildman–Crippen LogP) is 15.6. The molecule has 2 unspecified atom stereocenters. The minimum atomic E-state index is -2.18. The summed E-state index contributed by atoms with van der Waals surface area (Å²) in [5.74, 6) is -0.185. The molecule has 65 heavy (non-hydrogen) atoms. The number of hydrogen-bond acceptors (Lipinski definition) is 3. The van der Waals surface area contributed by atoms with Gasteiger partial charge in [-0.1, -0.05) is 168 Å². The van der Waals surface area contributed by atoms with Crippen LogP contribution in [0.5, 0.6) is 5.75 Å². The Hall–Kier alpha value is -6.13. The van der Waals surface area contributed by atoms with Gasteiger partial charge >= 0.3 is 5.85 Å². The molecule has 1 spiro atoms. The number of pyridine rings is 1. The SMILES string of the molecule is [2H]C([2H])([2H])c1ccc(-c2cc[n+]3c(c2)-c2cc(C(C)(C)C)cc4c2C32Oc3c(cc(C(C)(C)C)cc3C(C)(C)C)C3N(c5ccc(C(C)(C)CC)cc5-c5ccccc5)c5cccc-4c5N32)cc1. The van der Waals surface area contributed by atoms with Crippen LogP contribution in [-0.4, -0.2) is 0 Å². The van der Waals surface area contributed by atoms with Crippen LogP contribution in [0.15, 0.2) is 134 Å². The maximum absolute atomic E-state index is 8.17. The first-order valence-corrected chi connectivity index (χ1v) is 23.6. The van der Waals surface area contributed by atoms with Crippen molar-refractivity contribution in [3.05, 3.63) is 173 Å². The second-order valence-electron chi connectivity index (χ2n) is 22.7. The molecule has 1 aromatic heterocycles. The topological polar surface area (TPSA) is 19.6 Å². The zero-order chi connectivity index (χ0) is 48.2. The maximum Gasteiger partial charge on any atom is 0.432 e. The number of nitrogens with zero attached hydrogens (tertiary/aromatic N) is 3. The van der Waals surface area contributed by atoms with Crippen molar-refractivity contribution < 1.29 is 13.4 Å². The number of aromatic nitrogens is 1. The first kappa shape index (κ1) is 38.2. The van der Waals surface area contributed by atoms with E-state index in [1.807, 2.05) is 12.1 Å². The molecule has 0 saturated heterocycles. The van der Waals surface area contributed by atoms with Crippen LogP contribution in [0.4, 0.5) is 17.1 Å². The molecule has 0 fully saturated rings. The Bertz CT molecular complexity index is 3220. The lowest BCUT2D eigenvalue weighted by molar-refractivity contribution is -0.774. The highest BCUT2D eigenvalue weighted by molar-refractivity contribution is 6.03. The summed E-state index contributed by atoms with van der Waals surface area (Å²) >= 11 is 0. The molecule has 4 aliphatic rings. The van der Waals surface area contributed by atoms with E-state index in [0.717, 1.165) is 62.7 Å². The van der Waals surface area contributed by atoms with E-state index in [1.54, 1.807) is 12.1 Å². The number of para-hydroxylation sites is 1. The quantitative estimate of drug-likeness (QED) is 0.161. The molecule has 7 aromatic rings. The third-order valence-corrected chi connectivity index (χ3v) is 15.0. The molecule has 0 saturated carbocycles. The van der Waals surface area contributed by atoms with Gasteiger partial charge in [0, 0.05) is 44.1 Å². The number of aryl methyl sites for hydroxylation is 1. The normalized spacial score (nSPS) is 18.8. The van der Waals surface area contributed by atoms with Crippen molar-refractivity contribution in [2.45, 2.75) is 130 Å². The van der Waals surface area contributed by atoms with Gasteiger partial charge in [0.05, 0.1) is 22.6 Å². The van der Waals surface area contributed by atoms with Crippen molar-refractivity contribution in [1.29, 1.82) is 0 Å². The van der Waals surface area contributed by atoms with Crippen molar-refractivity contribution in [2.75, 3.05) is 9.80 Å². The summed E-state index contributed by atoms with van der Waals surface area (Å²) < 4.78 is 34.7. The second-order valence-corrected chi connectivity index (χ2v) is 22.7. The highest BCUT2D eigenvalue weighted by atomic mass is 16.5. The lowest BCUT2D eigenvalue weighted by Gasteiger charge is -2.49. The predicted molar refractivity (Wildman–Crippen MR) is 270 cm³/mol. The summed E-state index contributed by atoms with van der Waals surface area (Å²) in [6.45, 7) is 25.6. The van der Waals surface area contributed by atoms with Crippen LogP contribution in [0.3, 0.4) is 0 Å². The third kappa shape index (κ3) is 5.98. The molecule has 11 rings (SSSR count). The average molecular weight is 858 g/mol. The Morgan fingerprint density at radius 3 is 1.97 bits per heavy atom. The summed E-state index contributed by atoms with van der Waals surface area (Å²) in [6.07, 6.45) is 2.94. The zero-order valence-corrected chi connectivity index (χ0v) is 40.2. The van der Waals surface area contributed by atoms with E-state index in [0.29, 0.717) is 5.56 Å². The Kier molecular flexibility index (Phi) is 8.05. The van der Waals surface area contributed by atoms with E-state index >= 15 is 0 Å². The molecular weight excluding hydrogens is 791 g/mol. The van der Waals surface area contributed by atoms with Crippen LogP contribution in [0.25, 0.3) is 44.6 Å². The summed E-state index contributed by atoms with van der Waals surface area (Å²) in [5.41, 5.74) is 19.5. The number of benzene rings is 6. The fourth-order valence-electron chi connectivity index (χ4n) is 10.9. The van der Waals surface area contributed by atoms with Gasteiger partial charge in [-0.25, -0.2) is 4.90 Å². The van der Waals surface area contributed by atoms with Gasteiger partial charge in [0.25, 0.3) is 0 Å². The summed E-state index contributed by atoms with van der Waals surface area (Å²) in [7, 11) is 0. The molecular formula is C61H64N3O+. The summed E-state index contributed by atoms with van der Waals surface area (Å²) in [5, 5.41) is 0. The molecule has 6 aromatic carbocycles. The summed E-state index contributed by atoms with van der Waals surface area (Å²) in [4.78, 5) is 5.27. The fraction of sp³-hybridized carbons (Fsp3) is 0.328. The maximum atomic E-state index is 8.17. The standard InChI is InChI=1S/C61H64N3O/c1-14-60(12,13)41-27-28-50(45(32-41)39-19-16-15-17-20-39)63-51-22-18-21-44-46-33-42(57(3,4)5)34-47-52-31-40(38-25-23-37(2)24-26-38)29-30-62(52)61(53(46)47)64(54(44)51)56(63)48-35-43(58(6,7)8)36-49(55(48)65-61)59(9,10)11/h15-36,56H,14H2,1-13H3/q+1/i2D3. The highest BCUT2D eigenvalue weighted by Crippen LogP contribution is 2.68. The number of anilines is 3. The van der Waals surface area contributed by atoms with Gasteiger partial charge in [0.2, 0.25) is 5.69 Å². The van der Waals surface area contributed by atoms with E-state index in [-0.39, 0.29) is 27.8 Å². The second kappa shape index (κ2) is 13.7. The van der Waals surface area contributed by atoms with Gasteiger partial charge in [-0.2, -0.15) is 0 Å². The Labute approximate surface area is 391 Å². The minimum absolute atomic E-state index is 0.0188. The zero-order valence-electron chi connectivity index (χ0n) is 43.2. The van der Waals surface area contributed by atoms with Crippen molar-refractivity contribution in [1.82, 2.24) is 0 Å². The average Bonchev–Trinajstić information content (AvgIpc) is 3.78. The first-order chi connectivity index (χ1) is 31.9. The van der Waals surface area contributed by atoms with Crippen LogP contribution in [0.2, 0.25) is 0 Å². The largest absolute Gasteiger partial charge is 0.432 e. The van der Waals surface area contributed by atoms with E-state index in [9.17, 15) is 0 Å². The van der Waals surface area contributed by atoms with Crippen molar-refractivity contribution in [3.63, 3.8) is 0 Å². The number of fused-ring (bicyclic) bond motifs is 5. The molecule has 0 radical (unpaired) electrons. The number of rotatable bonds is 5. The molecule has 4 aliphatic heterocycles. The third-order valence-electron chi connectivity index (χ3n) is 15.0. The smallest absolute Gasteiger partial charge is 0.410 e. The Balaban J connectivity index is 1.27. The Morgan fingerprint density at radius 1 is 0.600 bits per heavy atom. The van der Waals surface area contributed by atoms with Gasteiger partial charge in [0.1, 0.15) is 17.5 Å². The summed E-state index contributed by atoms with van der Waals surface area (Å²) in [6, 6.07) is 46.6. The molecule has 328 valence electrons. The molecule has 0 bridgehead atoms. The number of ether oxygens (including phenoxy) is 1. The van der Waals surface area contributed by atoms with Crippen LogP contribution in [0.1, 0.15) is 139 Å². The van der Waals surface area contributed by atoms with Crippen LogP contribution in [0, 0.1) is 6.85 Å². The van der Waals surface area contributed by atoms with Gasteiger partial charge in [0.15, 0.2) is 6.20 Å². The first-order valence-electron chi connectivity index (χ1n) is 25.1. The van der Waals surface area contributed by atoms with Crippen LogP contribution >= 0.6 is 0 Å². The van der Waals surface area contributed by atoms with E-state index in [1.165, 1.54) is 44.5 Å². The van der Waals surface area contributed by atoms with E-state index < -0.39 is 12.7 Å². The Morgan fingerprint density at radius 2 is 1.29 bits per heavy atom. The molecule has 2 atom stereocenters. The van der Waals surface area contributed by atoms with Crippen molar-refractivity contribution in [3.8, 4) is 50.4 Å². The monoisotopic (exact) mass is 858 g/mol. The van der Waals surface area contributed by atoms with E-state index in [4.69, 9.17) is 8.85 Å². The van der Waals surface area contributed by atoms with Gasteiger partial charge in [-0.05, 0) is 105 Å².